The molecule has 0 saturated carbocycles. The summed E-state index contributed by atoms with van der Waals surface area (Å²) in [5.41, 5.74) is 0.983. The van der Waals surface area contributed by atoms with Gasteiger partial charge in [-0.2, -0.15) is 0 Å². The van der Waals surface area contributed by atoms with Gasteiger partial charge in [0.15, 0.2) is 0 Å². The van der Waals surface area contributed by atoms with Gasteiger partial charge >= 0.3 is 0 Å². The van der Waals surface area contributed by atoms with Crippen molar-refractivity contribution in [2.24, 2.45) is 0 Å². The van der Waals surface area contributed by atoms with Gasteiger partial charge in [-0.15, -0.1) is 0 Å². The van der Waals surface area contributed by atoms with Crippen LogP contribution >= 0.6 is 11.6 Å². The average Bonchev–Trinajstić information content (AvgIpc) is 2.59. The molecule has 0 saturated heterocycles. The molecular formula is C19H22ClNO3. The molecule has 5 heteroatoms. The largest absolute Gasteiger partial charge is 0.497 e. The van der Waals surface area contributed by atoms with Crippen molar-refractivity contribution in [1.82, 2.24) is 5.32 Å². The fraction of sp³-hybridized carbons (Fsp3) is 0.316. The van der Waals surface area contributed by atoms with Gasteiger partial charge in [0.1, 0.15) is 18.1 Å². The predicted molar refractivity (Wildman–Crippen MR) is 95.9 cm³/mol. The first-order valence-corrected chi connectivity index (χ1v) is 8.26. The molecule has 1 amide bonds. The summed E-state index contributed by atoms with van der Waals surface area (Å²) in [5.74, 6) is 1.51. The molecule has 2 aromatic rings. The number of benzene rings is 2. The fourth-order valence-corrected chi connectivity index (χ4v) is 2.46. The van der Waals surface area contributed by atoms with Crippen molar-refractivity contribution >= 4 is 17.5 Å². The summed E-state index contributed by atoms with van der Waals surface area (Å²) in [6.45, 7) is 2.32. The normalized spacial score (nSPS) is 11.6. The van der Waals surface area contributed by atoms with E-state index in [2.05, 4.69) is 5.32 Å². The molecule has 0 aliphatic carbocycles. The molecule has 2 rings (SSSR count). The Kier molecular flexibility index (Phi) is 6.94. The number of aryl methyl sites for hydroxylation is 1. The third-order valence-electron chi connectivity index (χ3n) is 3.55. The summed E-state index contributed by atoms with van der Waals surface area (Å²) in [4.78, 5) is 12.0. The molecule has 0 unspecified atom stereocenters. The smallest absolute Gasteiger partial charge is 0.220 e. The second kappa shape index (κ2) is 9.18. The average molecular weight is 348 g/mol. The Morgan fingerprint density at radius 1 is 1.12 bits per heavy atom. The number of methoxy groups -OCH3 is 1. The van der Waals surface area contributed by atoms with E-state index in [9.17, 15) is 4.79 Å². The molecule has 1 atom stereocenters. The lowest BCUT2D eigenvalue weighted by Crippen LogP contribution is -2.36. The van der Waals surface area contributed by atoms with Gasteiger partial charge in [-0.3, -0.25) is 4.79 Å². The van der Waals surface area contributed by atoms with Crippen molar-refractivity contribution in [3.8, 4) is 11.5 Å². The summed E-state index contributed by atoms with van der Waals surface area (Å²) < 4.78 is 10.8. The van der Waals surface area contributed by atoms with Crippen LogP contribution in [0.3, 0.4) is 0 Å². The van der Waals surface area contributed by atoms with Crippen molar-refractivity contribution < 1.29 is 14.3 Å². The molecule has 128 valence electrons. The van der Waals surface area contributed by atoms with Crippen LogP contribution in [0.1, 0.15) is 18.9 Å². The molecule has 0 aliphatic heterocycles. The zero-order chi connectivity index (χ0) is 17.4. The van der Waals surface area contributed by atoms with Crippen LogP contribution in [-0.2, 0) is 11.2 Å². The number of carbonyl (C=O) groups excluding carboxylic acids is 1. The highest BCUT2D eigenvalue weighted by molar-refractivity contribution is 6.31. The monoisotopic (exact) mass is 347 g/mol. The fourth-order valence-electron chi connectivity index (χ4n) is 2.23. The summed E-state index contributed by atoms with van der Waals surface area (Å²) in [7, 11) is 1.62. The lowest BCUT2D eigenvalue weighted by Gasteiger charge is -2.15. The van der Waals surface area contributed by atoms with E-state index in [1.165, 1.54) is 0 Å². The third-order valence-corrected chi connectivity index (χ3v) is 3.91. The van der Waals surface area contributed by atoms with Crippen molar-refractivity contribution in [2.75, 3.05) is 13.7 Å². The molecule has 0 spiro atoms. The second-order valence-corrected chi connectivity index (χ2v) is 5.95. The van der Waals surface area contributed by atoms with Crippen LogP contribution in [0.25, 0.3) is 0 Å². The molecule has 0 radical (unpaired) electrons. The number of halogens is 1. The number of nitrogens with one attached hydrogen (secondary N) is 1. The molecule has 0 heterocycles. The Morgan fingerprint density at radius 2 is 1.79 bits per heavy atom. The van der Waals surface area contributed by atoms with Crippen LogP contribution < -0.4 is 14.8 Å². The Morgan fingerprint density at radius 3 is 2.46 bits per heavy atom. The Labute approximate surface area is 147 Å². The van der Waals surface area contributed by atoms with Gasteiger partial charge in [-0.1, -0.05) is 29.8 Å². The van der Waals surface area contributed by atoms with Gasteiger partial charge in [-0.05, 0) is 49.2 Å². The highest BCUT2D eigenvalue weighted by atomic mass is 35.5. The standard InChI is InChI=1S/C19H22ClNO3/c1-14(13-24-17-10-8-16(23-2)9-11-17)21-19(22)12-7-15-5-3-4-6-18(15)20/h3-6,8-11,14H,7,12-13H2,1-2H3,(H,21,22)/t14-/m1/s1. The van der Waals surface area contributed by atoms with Crippen LogP contribution in [0, 0.1) is 0 Å². The van der Waals surface area contributed by atoms with Crippen LogP contribution in [0.5, 0.6) is 11.5 Å². The summed E-state index contributed by atoms with van der Waals surface area (Å²) in [5, 5.41) is 3.63. The molecule has 2 aromatic carbocycles. The number of ether oxygens (including phenoxy) is 2. The number of amides is 1. The Hall–Kier alpha value is -2.20. The Bertz CT molecular complexity index is 658. The minimum Gasteiger partial charge on any atom is -0.497 e. The van der Waals surface area contributed by atoms with Gasteiger partial charge in [0.2, 0.25) is 5.91 Å². The van der Waals surface area contributed by atoms with E-state index in [1.54, 1.807) is 7.11 Å². The van der Waals surface area contributed by atoms with Crippen LogP contribution in [-0.4, -0.2) is 25.7 Å². The maximum Gasteiger partial charge on any atom is 0.220 e. The molecule has 0 aromatic heterocycles. The number of hydrogen-bond donors (Lipinski definition) is 1. The zero-order valence-electron chi connectivity index (χ0n) is 13.9. The molecule has 0 fully saturated rings. The lowest BCUT2D eigenvalue weighted by atomic mass is 10.1. The highest BCUT2D eigenvalue weighted by Crippen LogP contribution is 2.17. The van der Waals surface area contributed by atoms with E-state index < -0.39 is 0 Å². The first-order valence-electron chi connectivity index (χ1n) is 7.88. The SMILES string of the molecule is COc1ccc(OC[C@@H](C)NC(=O)CCc2ccccc2Cl)cc1. The second-order valence-electron chi connectivity index (χ2n) is 5.55. The molecule has 1 N–H and O–H groups in total. The molecule has 4 nitrogen and oxygen atoms in total. The van der Waals surface area contributed by atoms with E-state index in [4.69, 9.17) is 21.1 Å². The third kappa shape index (κ3) is 5.78. The molecule has 0 bridgehead atoms. The molecule has 24 heavy (non-hydrogen) atoms. The minimum absolute atomic E-state index is 0.0132. The number of carbonyl (C=O) groups is 1. The van der Waals surface area contributed by atoms with Crippen molar-refractivity contribution in [3.05, 3.63) is 59.1 Å². The van der Waals surface area contributed by atoms with E-state index in [1.807, 2.05) is 55.5 Å². The number of rotatable bonds is 8. The summed E-state index contributed by atoms with van der Waals surface area (Å²) in [6.07, 6.45) is 1.02. The predicted octanol–water partition coefficient (Wildman–Crippen LogP) is 3.86. The van der Waals surface area contributed by atoms with E-state index in [-0.39, 0.29) is 11.9 Å². The minimum atomic E-state index is -0.0779. The van der Waals surface area contributed by atoms with Crippen LogP contribution in [0.4, 0.5) is 0 Å². The van der Waals surface area contributed by atoms with Crippen molar-refractivity contribution in [3.63, 3.8) is 0 Å². The highest BCUT2D eigenvalue weighted by Gasteiger charge is 2.09. The van der Waals surface area contributed by atoms with E-state index in [0.717, 1.165) is 17.1 Å². The molecular weight excluding hydrogens is 326 g/mol. The van der Waals surface area contributed by atoms with Gasteiger partial charge in [-0.25, -0.2) is 0 Å². The quantitative estimate of drug-likeness (QED) is 0.788. The van der Waals surface area contributed by atoms with Crippen LogP contribution in [0.15, 0.2) is 48.5 Å². The van der Waals surface area contributed by atoms with Gasteiger partial charge < -0.3 is 14.8 Å². The zero-order valence-corrected chi connectivity index (χ0v) is 14.7. The van der Waals surface area contributed by atoms with E-state index in [0.29, 0.717) is 24.5 Å². The summed E-state index contributed by atoms with van der Waals surface area (Å²) >= 11 is 6.09. The first-order chi connectivity index (χ1) is 11.6. The van der Waals surface area contributed by atoms with E-state index >= 15 is 0 Å². The van der Waals surface area contributed by atoms with Gasteiger partial charge in [0, 0.05) is 11.4 Å². The number of hydrogen-bond acceptors (Lipinski definition) is 3. The Balaban J connectivity index is 1.72. The maximum absolute atomic E-state index is 12.0. The topological polar surface area (TPSA) is 47.6 Å². The van der Waals surface area contributed by atoms with Gasteiger partial charge in [0.05, 0.1) is 13.2 Å². The van der Waals surface area contributed by atoms with Gasteiger partial charge in [0.25, 0.3) is 0 Å². The van der Waals surface area contributed by atoms with Crippen molar-refractivity contribution in [2.45, 2.75) is 25.8 Å². The van der Waals surface area contributed by atoms with Crippen LogP contribution in [0.2, 0.25) is 5.02 Å². The maximum atomic E-state index is 12.0. The summed E-state index contributed by atoms with van der Waals surface area (Å²) in [6, 6.07) is 14.8. The first kappa shape index (κ1) is 18.1. The lowest BCUT2D eigenvalue weighted by molar-refractivity contribution is -0.121. The molecule has 0 aliphatic rings. The van der Waals surface area contributed by atoms with Crippen molar-refractivity contribution in [1.29, 1.82) is 0 Å².